The molecule has 28 heavy (non-hydrogen) atoms. The molecular weight excluding hydrogens is 370 g/mol. The summed E-state index contributed by atoms with van der Waals surface area (Å²) in [5, 5.41) is 2.64. The predicted molar refractivity (Wildman–Crippen MR) is 114 cm³/mol. The predicted octanol–water partition coefficient (Wildman–Crippen LogP) is 4.59. The molecule has 1 aliphatic heterocycles. The van der Waals surface area contributed by atoms with Crippen molar-refractivity contribution in [3.8, 4) is 0 Å². The second kappa shape index (κ2) is 9.82. The van der Waals surface area contributed by atoms with Crippen LogP contribution >= 0.6 is 11.3 Å². The molecule has 0 aliphatic carbocycles. The lowest BCUT2D eigenvalue weighted by atomic mass is 10.0. The number of nitrogens with zero attached hydrogens (tertiary/aromatic N) is 3. The van der Waals surface area contributed by atoms with E-state index in [0.29, 0.717) is 6.42 Å². The summed E-state index contributed by atoms with van der Waals surface area (Å²) in [5.41, 5.74) is 1.94. The fourth-order valence-corrected chi connectivity index (χ4v) is 4.57. The molecule has 1 saturated heterocycles. The Balaban J connectivity index is 1.74. The number of carbonyl (C=O) groups is 2. The maximum atomic E-state index is 13.2. The van der Waals surface area contributed by atoms with Crippen LogP contribution in [0.1, 0.15) is 63.3 Å². The first kappa shape index (κ1) is 20.5. The van der Waals surface area contributed by atoms with E-state index >= 15 is 0 Å². The van der Waals surface area contributed by atoms with Gasteiger partial charge in [-0.05, 0) is 24.8 Å². The zero-order valence-corrected chi connectivity index (χ0v) is 17.6. The highest BCUT2D eigenvalue weighted by Gasteiger charge is 2.26. The second-order valence-electron chi connectivity index (χ2n) is 7.22. The summed E-state index contributed by atoms with van der Waals surface area (Å²) in [6.07, 6.45) is 4.67. The molecule has 0 spiro atoms. The van der Waals surface area contributed by atoms with Crippen molar-refractivity contribution in [1.82, 2.24) is 9.88 Å². The summed E-state index contributed by atoms with van der Waals surface area (Å²) in [7, 11) is 0. The average Bonchev–Trinajstić information content (AvgIpc) is 3.34. The number of anilines is 1. The van der Waals surface area contributed by atoms with E-state index in [4.69, 9.17) is 0 Å². The van der Waals surface area contributed by atoms with Crippen molar-refractivity contribution in [2.45, 2.75) is 58.4 Å². The van der Waals surface area contributed by atoms with Gasteiger partial charge in [-0.15, -0.1) is 11.3 Å². The third kappa shape index (κ3) is 4.79. The maximum absolute atomic E-state index is 13.2. The van der Waals surface area contributed by atoms with Crippen molar-refractivity contribution in [3.63, 3.8) is 0 Å². The zero-order valence-electron chi connectivity index (χ0n) is 16.8. The van der Waals surface area contributed by atoms with Gasteiger partial charge in [0, 0.05) is 24.9 Å². The van der Waals surface area contributed by atoms with Crippen LogP contribution in [0, 0.1) is 0 Å². The molecular formula is C22H29N3O2S. The first-order chi connectivity index (χ1) is 13.6. The maximum Gasteiger partial charge on any atom is 0.229 e. The van der Waals surface area contributed by atoms with Crippen molar-refractivity contribution in [1.29, 1.82) is 0 Å². The number of amides is 2. The van der Waals surface area contributed by atoms with Gasteiger partial charge >= 0.3 is 0 Å². The Morgan fingerprint density at radius 3 is 2.71 bits per heavy atom. The molecule has 0 N–H and O–H groups in total. The molecule has 0 radical (unpaired) electrons. The smallest absolute Gasteiger partial charge is 0.229 e. The van der Waals surface area contributed by atoms with Crippen LogP contribution in [0.5, 0.6) is 0 Å². The molecule has 2 aromatic rings. The number of benzene rings is 1. The molecule has 0 bridgehead atoms. The van der Waals surface area contributed by atoms with E-state index in [-0.39, 0.29) is 24.3 Å². The molecule has 6 heteroatoms. The van der Waals surface area contributed by atoms with Crippen molar-refractivity contribution < 1.29 is 9.59 Å². The van der Waals surface area contributed by atoms with Gasteiger partial charge in [0.15, 0.2) is 5.13 Å². The Hall–Kier alpha value is -2.21. The third-order valence-corrected chi connectivity index (χ3v) is 6.11. The molecule has 0 saturated carbocycles. The number of rotatable bonds is 9. The van der Waals surface area contributed by atoms with E-state index < -0.39 is 0 Å². The molecule has 2 heterocycles. The molecule has 1 aromatic heterocycles. The Morgan fingerprint density at radius 2 is 2.07 bits per heavy atom. The van der Waals surface area contributed by atoms with E-state index in [1.807, 2.05) is 28.5 Å². The van der Waals surface area contributed by atoms with Crippen LogP contribution in [0.15, 0.2) is 35.7 Å². The fourth-order valence-electron chi connectivity index (χ4n) is 3.70. The average molecular weight is 400 g/mol. The van der Waals surface area contributed by atoms with Gasteiger partial charge in [0.2, 0.25) is 11.8 Å². The zero-order chi connectivity index (χ0) is 19.9. The minimum atomic E-state index is 0.0820. The Bertz CT molecular complexity index is 790. The summed E-state index contributed by atoms with van der Waals surface area (Å²) < 4.78 is 0. The van der Waals surface area contributed by atoms with Gasteiger partial charge in [-0.3, -0.25) is 14.5 Å². The Morgan fingerprint density at radius 1 is 1.29 bits per heavy atom. The van der Waals surface area contributed by atoms with Crippen molar-refractivity contribution in [2.75, 3.05) is 18.0 Å². The van der Waals surface area contributed by atoms with Crippen molar-refractivity contribution in [3.05, 3.63) is 47.0 Å². The quantitative estimate of drug-likeness (QED) is 0.620. The first-order valence-electron chi connectivity index (χ1n) is 10.2. The molecule has 1 fully saturated rings. The number of unbranched alkanes of at least 4 members (excludes halogenated alkanes) is 1. The van der Waals surface area contributed by atoms with Gasteiger partial charge in [0.25, 0.3) is 0 Å². The van der Waals surface area contributed by atoms with Gasteiger partial charge in [-0.25, -0.2) is 4.98 Å². The molecule has 1 aromatic carbocycles. The molecule has 5 nitrogen and oxygen atoms in total. The highest BCUT2D eigenvalue weighted by Crippen LogP contribution is 2.28. The van der Waals surface area contributed by atoms with Gasteiger partial charge in [0.05, 0.1) is 18.2 Å². The molecule has 150 valence electrons. The largest absolute Gasteiger partial charge is 0.335 e. The summed E-state index contributed by atoms with van der Waals surface area (Å²) in [5.74, 6) is 0.237. The molecule has 1 atom stereocenters. The van der Waals surface area contributed by atoms with E-state index in [1.165, 1.54) is 16.9 Å². The number of hydrogen-bond donors (Lipinski definition) is 0. The van der Waals surface area contributed by atoms with Crippen LogP contribution in [-0.4, -0.2) is 34.8 Å². The van der Waals surface area contributed by atoms with E-state index in [1.54, 1.807) is 4.90 Å². The molecule has 2 amide bonds. The normalized spacial score (nSPS) is 15.1. The lowest BCUT2D eigenvalue weighted by molar-refractivity contribution is -0.133. The van der Waals surface area contributed by atoms with E-state index in [0.717, 1.165) is 49.6 Å². The van der Waals surface area contributed by atoms with E-state index in [2.05, 4.69) is 31.0 Å². The number of aromatic nitrogens is 1. The summed E-state index contributed by atoms with van der Waals surface area (Å²) in [6, 6.07) is 10.3. The SMILES string of the molecule is CCCCN(C(=O)Cc1csc(N2CCCC2=O)n1)[C@H](CC)c1ccccc1. The van der Waals surface area contributed by atoms with Crippen LogP contribution in [0.4, 0.5) is 5.13 Å². The standard InChI is InChI=1S/C22H29N3O2S/c1-3-5-13-24(19(4-2)17-10-7-6-8-11-17)21(27)15-18-16-28-22(23-18)25-14-9-12-20(25)26/h6-8,10-11,16,19H,3-5,9,12-15H2,1-2H3/t19-/m1/s1. The minimum absolute atomic E-state index is 0.0820. The van der Waals surface area contributed by atoms with Gasteiger partial charge < -0.3 is 4.90 Å². The number of thiazole rings is 1. The van der Waals surface area contributed by atoms with Gasteiger partial charge in [-0.2, -0.15) is 0 Å². The lowest BCUT2D eigenvalue weighted by Crippen LogP contribution is -2.36. The Kier molecular flexibility index (Phi) is 7.20. The Labute approximate surface area is 171 Å². The van der Waals surface area contributed by atoms with E-state index in [9.17, 15) is 9.59 Å². The van der Waals surface area contributed by atoms with Crippen LogP contribution in [0.3, 0.4) is 0 Å². The number of carbonyl (C=O) groups excluding carboxylic acids is 2. The van der Waals surface area contributed by atoms with Crippen LogP contribution in [0.2, 0.25) is 0 Å². The minimum Gasteiger partial charge on any atom is -0.335 e. The highest BCUT2D eigenvalue weighted by atomic mass is 32.1. The van der Waals surface area contributed by atoms with Crippen LogP contribution < -0.4 is 4.90 Å². The third-order valence-electron chi connectivity index (χ3n) is 5.20. The highest BCUT2D eigenvalue weighted by molar-refractivity contribution is 7.14. The first-order valence-corrected chi connectivity index (χ1v) is 11.1. The topological polar surface area (TPSA) is 53.5 Å². The lowest BCUT2D eigenvalue weighted by Gasteiger charge is -2.31. The monoisotopic (exact) mass is 399 g/mol. The van der Waals surface area contributed by atoms with Crippen molar-refractivity contribution >= 4 is 28.3 Å². The number of hydrogen-bond acceptors (Lipinski definition) is 4. The van der Waals surface area contributed by atoms with Crippen molar-refractivity contribution in [2.24, 2.45) is 0 Å². The molecule has 1 aliphatic rings. The summed E-state index contributed by atoms with van der Waals surface area (Å²) in [4.78, 5) is 33.5. The van der Waals surface area contributed by atoms with Crippen LogP contribution in [-0.2, 0) is 16.0 Å². The van der Waals surface area contributed by atoms with Gasteiger partial charge in [0.1, 0.15) is 0 Å². The molecule has 0 unspecified atom stereocenters. The summed E-state index contributed by atoms with van der Waals surface area (Å²) in [6.45, 7) is 5.76. The second-order valence-corrected chi connectivity index (χ2v) is 8.06. The fraction of sp³-hybridized carbons (Fsp3) is 0.500. The molecule has 3 rings (SSSR count). The van der Waals surface area contributed by atoms with Crippen LogP contribution in [0.25, 0.3) is 0 Å². The summed E-state index contributed by atoms with van der Waals surface area (Å²) >= 11 is 1.46. The van der Waals surface area contributed by atoms with Gasteiger partial charge in [-0.1, -0.05) is 50.6 Å².